The fourth-order valence-corrected chi connectivity index (χ4v) is 3.55. The van der Waals surface area contributed by atoms with E-state index in [2.05, 4.69) is 4.98 Å². The smallest absolute Gasteiger partial charge is 0.300 e. The van der Waals surface area contributed by atoms with Crippen molar-refractivity contribution in [2.75, 3.05) is 12.0 Å². The molecule has 2 heterocycles. The normalized spacial score (nSPS) is 17.8. The minimum absolute atomic E-state index is 0.170. The Hall–Kier alpha value is -4.07. The van der Waals surface area contributed by atoms with Crippen molar-refractivity contribution in [3.05, 3.63) is 95.3 Å². The number of nitrogens with zero attached hydrogens (tertiary/aromatic N) is 2. The first-order valence-electron chi connectivity index (χ1n) is 9.24. The van der Waals surface area contributed by atoms with Crippen molar-refractivity contribution in [2.45, 2.75) is 6.04 Å². The zero-order valence-electron chi connectivity index (χ0n) is 16.3. The number of Topliss-reactive ketones (excluding diaryl/α,β-unsaturated/α-hetero) is 1. The Morgan fingerprint density at radius 3 is 2.52 bits per heavy atom. The highest BCUT2D eigenvalue weighted by Crippen LogP contribution is 2.43. The van der Waals surface area contributed by atoms with E-state index in [1.165, 1.54) is 25.4 Å². The molecule has 1 atom stereocenters. The Morgan fingerprint density at radius 1 is 1.06 bits per heavy atom. The molecule has 2 aromatic carbocycles. The van der Waals surface area contributed by atoms with Gasteiger partial charge in [0.25, 0.3) is 11.7 Å². The van der Waals surface area contributed by atoms with E-state index in [0.29, 0.717) is 0 Å². The van der Waals surface area contributed by atoms with E-state index in [0.717, 1.165) is 23.1 Å². The summed E-state index contributed by atoms with van der Waals surface area (Å²) < 4.78 is 33.7. The number of carbonyl (C=O) groups excluding carboxylic acids is 2. The number of anilines is 1. The van der Waals surface area contributed by atoms with Crippen molar-refractivity contribution < 1.29 is 28.2 Å². The predicted molar refractivity (Wildman–Crippen MR) is 108 cm³/mol. The molecule has 1 amide bonds. The van der Waals surface area contributed by atoms with Crippen LogP contribution in [0.3, 0.4) is 0 Å². The van der Waals surface area contributed by atoms with Crippen molar-refractivity contribution >= 4 is 23.1 Å². The molecule has 0 spiro atoms. The van der Waals surface area contributed by atoms with Gasteiger partial charge in [0.15, 0.2) is 0 Å². The van der Waals surface area contributed by atoms with Crippen LogP contribution < -0.4 is 9.64 Å². The summed E-state index contributed by atoms with van der Waals surface area (Å²) in [6.45, 7) is 0. The van der Waals surface area contributed by atoms with Crippen LogP contribution in [-0.2, 0) is 9.59 Å². The maximum absolute atomic E-state index is 14.6. The van der Waals surface area contributed by atoms with Gasteiger partial charge in [-0.3, -0.25) is 19.5 Å². The first-order valence-corrected chi connectivity index (χ1v) is 9.24. The number of hydrogen-bond acceptors (Lipinski definition) is 5. The van der Waals surface area contributed by atoms with Crippen LogP contribution >= 0.6 is 0 Å². The molecule has 0 aliphatic carbocycles. The van der Waals surface area contributed by atoms with Gasteiger partial charge in [-0.1, -0.05) is 18.2 Å². The summed E-state index contributed by atoms with van der Waals surface area (Å²) in [5.74, 6) is -4.10. The number of methoxy groups -OCH3 is 1. The second kappa shape index (κ2) is 7.98. The van der Waals surface area contributed by atoms with Crippen LogP contribution in [0.15, 0.2) is 72.4 Å². The molecule has 1 N–H and O–H groups in total. The number of carbonyl (C=O) groups is 2. The number of para-hydroxylation sites is 1. The third-order valence-electron chi connectivity index (χ3n) is 4.94. The van der Waals surface area contributed by atoms with E-state index >= 15 is 0 Å². The van der Waals surface area contributed by atoms with Crippen LogP contribution in [0.4, 0.5) is 14.5 Å². The lowest BCUT2D eigenvalue weighted by atomic mass is 9.97. The van der Waals surface area contributed by atoms with Crippen LogP contribution in [0.25, 0.3) is 5.76 Å². The second-order valence-electron chi connectivity index (χ2n) is 6.72. The van der Waals surface area contributed by atoms with Gasteiger partial charge in [0.1, 0.15) is 29.2 Å². The third kappa shape index (κ3) is 3.42. The molecule has 1 aromatic heterocycles. The van der Waals surface area contributed by atoms with Gasteiger partial charge in [0, 0.05) is 12.3 Å². The first kappa shape index (κ1) is 20.2. The number of ketones is 1. The molecule has 1 aliphatic rings. The van der Waals surface area contributed by atoms with Crippen LogP contribution in [0.1, 0.15) is 17.3 Å². The van der Waals surface area contributed by atoms with E-state index in [-0.39, 0.29) is 22.6 Å². The average Bonchev–Trinajstić information content (AvgIpc) is 3.06. The molecule has 31 heavy (non-hydrogen) atoms. The van der Waals surface area contributed by atoms with Crippen LogP contribution in [0.2, 0.25) is 0 Å². The molecule has 0 bridgehead atoms. The molecule has 0 saturated carbocycles. The number of ether oxygens (including phenoxy) is 1. The van der Waals surface area contributed by atoms with Crippen LogP contribution in [0, 0.1) is 11.6 Å². The van der Waals surface area contributed by atoms with Crippen molar-refractivity contribution in [3.8, 4) is 5.75 Å². The van der Waals surface area contributed by atoms with E-state index in [4.69, 9.17) is 4.74 Å². The highest BCUT2D eigenvalue weighted by molar-refractivity contribution is 6.51. The molecular formula is C23H16F2N2O4. The van der Waals surface area contributed by atoms with Gasteiger partial charge in [-0.25, -0.2) is 8.78 Å². The minimum Gasteiger partial charge on any atom is -0.507 e. The third-order valence-corrected chi connectivity index (χ3v) is 4.94. The lowest BCUT2D eigenvalue weighted by Crippen LogP contribution is -2.30. The van der Waals surface area contributed by atoms with E-state index in [1.54, 1.807) is 30.3 Å². The molecule has 3 aromatic rings. The summed E-state index contributed by atoms with van der Waals surface area (Å²) in [5.41, 5.74) is -0.376. The highest BCUT2D eigenvalue weighted by Gasteiger charge is 2.48. The Morgan fingerprint density at radius 2 is 1.81 bits per heavy atom. The van der Waals surface area contributed by atoms with Gasteiger partial charge in [-0.05, 0) is 36.4 Å². The van der Waals surface area contributed by atoms with Gasteiger partial charge >= 0.3 is 0 Å². The number of benzene rings is 2. The number of aliphatic hydroxyl groups excluding tert-OH is 1. The zero-order chi connectivity index (χ0) is 22.1. The fourth-order valence-electron chi connectivity index (χ4n) is 3.55. The average molecular weight is 422 g/mol. The Bertz CT molecular complexity index is 1210. The SMILES string of the molecule is COc1ccccc1/C(O)=C1\C(=O)C(=O)N(c2cc(F)ccc2F)C1c1ccccn1. The monoisotopic (exact) mass is 422 g/mol. The number of aromatic nitrogens is 1. The van der Waals surface area contributed by atoms with E-state index < -0.39 is 40.8 Å². The molecule has 1 unspecified atom stereocenters. The molecule has 6 nitrogen and oxygen atoms in total. The summed E-state index contributed by atoms with van der Waals surface area (Å²) >= 11 is 0. The fraction of sp³-hybridized carbons (Fsp3) is 0.0870. The van der Waals surface area contributed by atoms with Crippen LogP contribution in [-0.4, -0.2) is 28.9 Å². The summed E-state index contributed by atoms with van der Waals surface area (Å²) in [4.78, 5) is 30.9. The maximum Gasteiger partial charge on any atom is 0.300 e. The maximum atomic E-state index is 14.6. The number of pyridine rings is 1. The Labute approximate surface area is 176 Å². The molecule has 0 radical (unpaired) electrons. The quantitative estimate of drug-likeness (QED) is 0.391. The molecule has 1 aliphatic heterocycles. The summed E-state index contributed by atoms with van der Waals surface area (Å²) in [7, 11) is 1.39. The molecule has 4 rings (SSSR count). The Kier molecular flexibility index (Phi) is 5.21. The van der Waals surface area contributed by atoms with Gasteiger partial charge in [0.05, 0.1) is 29.6 Å². The van der Waals surface area contributed by atoms with E-state index in [9.17, 15) is 23.5 Å². The predicted octanol–water partition coefficient (Wildman–Crippen LogP) is 3.99. The number of hydrogen-bond donors (Lipinski definition) is 1. The van der Waals surface area contributed by atoms with Crippen molar-refractivity contribution in [1.82, 2.24) is 4.98 Å². The molecule has 1 fully saturated rings. The summed E-state index contributed by atoms with van der Waals surface area (Å²) in [5, 5.41) is 11.0. The van der Waals surface area contributed by atoms with Crippen molar-refractivity contribution in [1.29, 1.82) is 0 Å². The summed E-state index contributed by atoms with van der Waals surface area (Å²) in [6.07, 6.45) is 1.43. The number of aliphatic hydroxyl groups is 1. The molecule has 1 saturated heterocycles. The van der Waals surface area contributed by atoms with Crippen molar-refractivity contribution in [3.63, 3.8) is 0 Å². The Balaban J connectivity index is 2.00. The lowest BCUT2D eigenvalue weighted by Gasteiger charge is -2.25. The number of amides is 1. The minimum atomic E-state index is -1.28. The molecule has 156 valence electrons. The molecule has 8 heteroatoms. The topological polar surface area (TPSA) is 79.7 Å². The van der Waals surface area contributed by atoms with Gasteiger partial charge in [0.2, 0.25) is 0 Å². The number of rotatable bonds is 4. The number of halogens is 2. The van der Waals surface area contributed by atoms with Gasteiger partial charge in [-0.2, -0.15) is 0 Å². The largest absolute Gasteiger partial charge is 0.507 e. The molecular weight excluding hydrogens is 406 g/mol. The summed E-state index contributed by atoms with van der Waals surface area (Å²) in [6, 6.07) is 12.5. The van der Waals surface area contributed by atoms with Crippen molar-refractivity contribution in [2.24, 2.45) is 0 Å². The lowest BCUT2D eigenvalue weighted by molar-refractivity contribution is -0.132. The zero-order valence-corrected chi connectivity index (χ0v) is 16.3. The second-order valence-corrected chi connectivity index (χ2v) is 6.72. The van der Waals surface area contributed by atoms with Crippen LogP contribution in [0.5, 0.6) is 5.75 Å². The standard InChI is InChI=1S/C23H16F2N2O4/c1-31-18-8-3-2-6-14(18)21(28)19-20(16-7-4-5-11-26-16)27(23(30)22(19)29)17-12-13(24)9-10-15(17)25/h2-12,20,28H,1H3/b21-19+. The van der Waals surface area contributed by atoms with E-state index in [1.807, 2.05) is 0 Å². The van der Waals surface area contributed by atoms with Gasteiger partial charge in [-0.15, -0.1) is 0 Å². The highest BCUT2D eigenvalue weighted by atomic mass is 19.1. The van der Waals surface area contributed by atoms with Gasteiger partial charge < -0.3 is 9.84 Å². The first-order chi connectivity index (χ1) is 14.9.